The Morgan fingerprint density at radius 3 is 2.45 bits per heavy atom. The van der Waals surface area contributed by atoms with Gasteiger partial charge in [0.15, 0.2) is 18.1 Å². The SMILES string of the molecule is COc1cc(C2c3sc(=O)[nH]c3SC3C(=O)N(c4ccc(C)cc4)C(=O)C32)ccc1OCC(=O)Nc1ccc(O)cc1. The number of methoxy groups -OCH3 is 1. The first-order chi connectivity index (χ1) is 20.2. The summed E-state index contributed by atoms with van der Waals surface area (Å²) < 4.78 is 11.3. The minimum Gasteiger partial charge on any atom is -0.508 e. The first-order valence-corrected chi connectivity index (χ1v) is 14.7. The van der Waals surface area contributed by atoms with Crippen molar-refractivity contribution in [2.75, 3.05) is 23.9 Å². The number of thiazole rings is 1. The lowest BCUT2D eigenvalue weighted by Gasteiger charge is -2.30. The molecule has 2 aliphatic rings. The summed E-state index contributed by atoms with van der Waals surface area (Å²) in [5.74, 6) is -1.67. The van der Waals surface area contributed by atoms with E-state index in [9.17, 15) is 24.3 Å². The molecule has 10 nitrogen and oxygen atoms in total. The molecule has 3 N–H and O–H groups in total. The molecule has 12 heteroatoms. The van der Waals surface area contributed by atoms with Crippen LogP contribution in [0.5, 0.6) is 17.2 Å². The molecule has 3 aromatic carbocycles. The summed E-state index contributed by atoms with van der Waals surface area (Å²) in [7, 11) is 1.46. The third-order valence-electron chi connectivity index (χ3n) is 7.17. The van der Waals surface area contributed by atoms with Crippen LogP contribution in [-0.2, 0) is 14.4 Å². The molecule has 3 heterocycles. The number of thioether (sulfide) groups is 1. The lowest BCUT2D eigenvalue weighted by atomic mass is 9.83. The third-order valence-corrected chi connectivity index (χ3v) is 9.57. The van der Waals surface area contributed by atoms with Gasteiger partial charge in [-0.1, -0.05) is 46.9 Å². The van der Waals surface area contributed by atoms with Crippen LogP contribution in [0.3, 0.4) is 0 Å². The average Bonchev–Trinajstić information content (AvgIpc) is 3.47. The Bertz CT molecular complexity index is 1750. The standard InChI is InChI=1S/C30H25N3O7S2/c1-15-3-8-18(9-4-15)33-28(36)24-23(25-27(32-30(38)42-25)41-26(24)29(33)37)16-5-12-20(21(13-16)39-2)40-14-22(35)31-17-6-10-19(34)11-7-17/h3-13,23-24,26,34H,14H2,1-2H3,(H,31,35)(H,32,38). The molecule has 0 aliphatic carbocycles. The van der Waals surface area contributed by atoms with Crippen molar-refractivity contribution in [2.45, 2.75) is 23.1 Å². The molecule has 0 bridgehead atoms. The Hall–Kier alpha value is -4.55. The molecule has 0 saturated carbocycles. The Kier molecular flexibility index (Phi) is 7.25. The number of amides is 3. The van der Waals surface area contributed by atoms with E-state index in [-0.39, 0.29) is 29.0 Å². The average molecular weight is 604 g/mol. The number of hydrogen-bond acceptors (Lipinski definition) is 9. The Morgan fingerprint density at radius 1 is 1.00 bits per heavy atom. The van der Waals surface area contributed by atoms with E-state index in [1.54, 1.807) is 42.5 Å². The number of nitrogens with zero attached hydrogens (tertiary/aromatic N) is 1. The van der Waals surface area contributed by atoms with Gasteiger partial charge in [-0.05, 0) is 61.0 Å². The van der Waals surface area contributed by atoms with Gasteiger partial charge in [0.05, 0.1) is 23.7 Å². The third kappa shape index (κ3) is 5.03. The number of fused-ring (bicyclic) bond motifs is 2. The van der Waals surface area contributed by atoms with Crippen LogP contribution in [0.4, 0.5) is 11.4 Å². The summed E-state index contributed by atoms with van der Waals surface area (Å²) in [4.78, 5) is 56.8. The van der Waals surface area contributed by atoms with Gasteiger partial charge < -0.3 is 24.9 Å². The second kappa shape index (κ2) is 11.0. The minimum absolute atomic E-state index is 0.0857. The highest BCUT2D eigenvalue weighted by Crippen LogP contribution is 2.53. The monoisotopic (exact) mass is 603 g/mol. The van der Waals surface area contributed by atoms with E-state index < -0.39 is 23.0 Å². The molecule has 3 amide bonds. The maximum absolute atomic E-state index is 13.9. The van der Waals surface area contributed by atoms with Crippen molar-refractivity contribution in [3.05, 3.63) is 92.4 Å². The van der Waals surface area contributed by atoms with Crippen molar-refractivity contribution in [3.8, 4) is 17.2 Å². The molecule has 6 rings (SSSR count). The molecule has 4 aromatic rings. The van der Waals surface area contributed by atoms with Crippen molar-refractivity contribution < 1.29 is 29.0 Å². The molecule has 1 saturated heterocycles. The number of carbonyl (C=O) groups is 3. The summed E-state index contributed by atoms with van der Waals surface area (Å²) in [6.45, 7) is 1.63. The van der Waals surface area contributed by atoms with Gasteiger partial charge in [-0.2, -0.15) is 0 Å². The number of aryl methyl sites for hydroxylation is 1. The van der Waals surface area contributed by atoms with Crippen LogP contribution in [0.1, 0.15) is 21.9 Å². The Balaban J connectivity index is 1.29. The van der Waals surface area contributed by atoms with Crippen molar-refractivity contribution in [1.29, 1.82) is 0 Å². The molecular weight excluding hydrogens is 578 g/mol. The number of aromatic hydroxyl groups is 1. The van der Waals surface area contributed by atoms with Gasteiger partial charge in [0.25, 0.3) is 5.91 Å². The topological polar surface area (TPSA) is 138 Å². The van der Waals surface area contributed by atoms with Gasteiger partial charge in [-0.15, -0.1) is 0 Å². The molecule has 2 aliphatic heterocycles. The highest BCUT2D eigenvalue weighted by Gasteiger charge is 2.56. The van der Waals surface area contributed by atoms with Gasteiger partial charge in [-0.3, -0.25) is 19.2 Å². The number of nitrogens with one attached hydrogen (secondary N) is 2. The smallest absolute Gasteiger partial charge is 0.305 e. The number of imide groups is 1. The number of carbonyl (C=O) groups excluding carboxylic acids is 3. The second-order valence-corrected chi connectivity index (χ2v) is 12.1. The van der Waals surface area contributed by atoms with E-state index in [4.69, 9.17) is 9.47 Å². The second-order valence-electron chi connectivity index (χ2n) is 9.89. The summed E-state index contributed by atoms with van der Waals surface area (Å²) in [5, 5.41) is 12.0. The minimum atomic E-state index is -0.740. The van der Waals surface area contributed by atoms with Crippen LogP contribution >= 0.6 is 23.1 Å². The number of phenolic OH excluding ortho intramolecular Hbond substituents is 1. The number of aromatic amines is 1. The van der Waals surface area contributed by atoms with Gasteiger partial charge in [0.2, 0.25) is 11.8 Å². The first-order valence-electron chi connectivity index (χ1n) is 13.0. The van der Waals surface area contributed by atoms with E-state index in [2.05, 4.69) is 10.3 Å². The zero-order chi connectivity index (χ0) is 29.5. The van der Waals surface area contributed by atoms with Gasteiger partial charge in [-0.25, -0.2) is 4.90 Å². The van der Waals surface area contributed by atoms with E-state index in [1.165, 1.54) is 35.9 Å². The lowest BCUT2D eigenvalue weighted by molar-refractivity contribution is -0.122. The molecule has 1 fully saturated rings. The fourth-order valence-electron chi connectivity index (χ4n) is 5.21. The summed E-state index contributed by atoms with van der Waals surface area (Å²) >= 11 is 2.24. The van der Waals surface area contributed by atoms with Gasteiger partial charge >= 0.3 is 4.87 Å². The number of H-pyrrole nitrogens is 1. The molecule has 0 spiro atoms. The number of ether oxygens (including phenoxy) is 2. The summed E-state index contributed by atoms with van der Waals surface area (Å²) in [6.07, 6.45) is 0. The molecule has 214 valence electrons. The number of anilines is 2. The number of benzene rings is 3. The first kappa shape index (κ1) is 27.6. The largest absolute Gasteiger partial charge is 0.508 e. The van der Waals surface area contributed by atoms with Crippen LogP contribution in [0.25, 0.3) is 0 Å². The van der Waals surface area contributed by atoms with E-state index in [1.807, 2.05) is 19.1 Å². The lowest BCUT2D eigenvalue weighted by Crippen LogP contribution is -2.32. The van der Waals surface area contributed by atoms with Crippen molar-refractivity contribution in [3.63, 3.8) is 0 Å². The van der Waals surface area contributed by atoms with Gasteiger partial charge in [0.1, 0.15) is 11.0 Å². The quantitative estimate of drug-likeness (QED) is 0.210. The molecule has 0 radical (unpaired) electrons. The van der Waals surface area contributed by atoms with E-state index >= 15 is 0 Å². The maximum Gasteiger partial charge on any atom is 0.305 e. The highest BCUT2D eigenvalue weighted by molar-refractivity contribution is 8.00. The molecule has 3 atom stereocenters. The summed E-state index contributed by atoms with van der Waals surface area (Å²) in [5.41, 5.74) is 2.69. The number of hydrogen-bond donors (Lipinski definition) is 3. The highest BCUT2D eigenvalue weighted by atomic mass is 32.2. The fraction of sp³-hybridized carbons (Fsp3) is 0.200. The van der Waals surface area contributed by atoms with Crippen LogP contribution in [0.15, 0.2) is 76.6 Å². The Morgan fingerprint density at radius 2 is 1.74 bits per heavy atom. The molecular formula is C30H25N3O7S2. The predicted molar refractivity (Wildman–Crippen MR) is 159 cm³/mol. The zero-order valence-corrected chi connectivity index (χ0v) is 24.1. The van der Waals surface area contributed by atoms with E-state index in [0.29, 0.717) is 38.3 Å². The molecule has 42 heavy (non-hydrogen) atoms. The number of rotatable bonds is 7. The molecule has 1 aromatic heterocycles. The van der Waals surface area contributed by atoms with Crippen LogP contribution in [0, 0.1) is 12.8 Å². The number of phenols is 1. The number of aromatic nitrogens is 1. The van der Waals surface area contributed by atoms with E-state index in [0.717, 1.165) is 16.9 Å². The van der Waals surface area contributed by atoms with Crippen molar-refractivity contribution >= 4 is 52.2 Å². The molecule has 3 unspecified atom stereocenters. The van der Waals surface area contributed by atoms with Gasteiger partial charge in [0, 0.05) is 16.5 Å². The predicted octanol–water partition coefficient (Wildman–Crippen LogP) is 4.27. The Labute approximate surface area is 248 Å². The zero-order valence-electron chi connectivity index (χ0n) is 22.5. The van der Waals surface area contributed by atoms with Crippen LogP contribution in [-0.4, -0.2) is 46.8 Å². The van der Waals surface area contributed by atoms with Crippen molar-refractivity contribution in [1.82, 2.24) is 4.98 Å². The maximum atomic E-state index is 13.9. The van der Waals surface area contributed by atoms with Crippen LogP contribution < -0.4 is 24.6 Å². The summed E-state index contributed by atoms with van der Waals surface area (Å²) in [6, 6.07) is 18.4. The normalized spacial score (nSPS) is 19.3. The van der Waals surface area contributed by atoms with Crippen molar-refractivity contribution in [2.24, 2.45) is 5.92 Å². The van der Waals surface area contributed by atoms with Crippen LogP contribution in [0.2, 0.25) is 0 Å². The fourth-order valence-corrected chi connectivity index (χ4v) is 7.72.